The molecule has 1 aliphatic rings. The van der Waals surface area contributed by atoms with Crippen molar-refractivity contribution < 1.29 is 32.2 Å². The van der Waals surface area contributed by atoms with Gasteiger partial charge in [-0.3, -0.25) is 14.6 Å². The molecule has 0 saturated carbocycles. The number of carbonyl (C=O) groups is 2. The summed E-state index contributed by atoms with van der Waals surface area (Å²) in [7, 11) is 1.60. The van der Waals surface area contributed by atoms with Gasteiger partial charge in [-0.05, 0) is 60.7 Å². The summed E-state index contributed by atoms with van der Waals surface area (Å²) in [6, 6.07) is 20.0. The molecule has 0 fully saturated rings. The molecule has 0 atom stereocenters. The number of halogens is 3. The summed E-state index contributed by atoms with van der Waals surface area (Å²) in [6.07, 6.45) is -2.92. The summed E-state index contributed by atoms with van der Waals surface area (Å²) >= 11 is 0. The number of anilines is 1. The number of hydrogen-bond donors (Lipinski definition) is 0. The van der Waals surface area contributed by atoms with Crippen LogP contribution in [0.4, 0.5) is 18.9 Å². The van der Waals surface area contributed by atoms with Crippen molar-refractivity contribution in [2.24, 2.45) is 10.1 Å². The molecule has 1 radical (unpaired) electrons. The van der Waals surface area contributed by atoms with Crippen molar-refractivity contribution in [3.63, 3.8) is 0 Å². The van der Waals surface area contributed by atoms with Crippen LogP contribution in [0.1, 0.15) is 12.0 Å². The second kappa shape index (κ2) is 12.2. The first-order valence-corrected chi connectivity index (χ1v) is 11.8. The summed E-state index contributed by atoms with van der Waals surface area (Å²) in [5.74, 6) is 0.678. The van der Waals surface area contributed by atoms with Gasteiger partial charge < -0.3 is 14.4 Å². The van der Waals surface area contributed by atoms with Gasteiger partial charge in [0.2, 0.25) is 11.8 Å². The third-order valence-electron chi connectivity index (χ3n) is 5.51. The zero-order chi connectivity index (χ0) is 27.8. The van der Waals surface area contributed by atoms with Gasteiger partial charge in [-0.1, -0.05) is 18.2 Å². The Kier molecular flexibility index (Phi) is 8.60. The van der Waals surface area contributed by atoms with Crippen LogP contribution < -0.4 is 14.4 Å². The predicted octanol–water partition coefficient (Wildman–Crippen LogP) is 5.36. The van der Waals surface area contributed by atoms with Gasteiger partial charge in [0.05, 0.1) is 30.5 Å². The number of likely N-dealkylation sites (N-methyl/N-ethyl adjacent to an activating group) is 1. The van der Waals surface area contributed by atoms with Crippen LogP contribution in [0.25, 0.3) is 0 Å². The molecular weight excluding hydrogens is 513 g/mol. The lowest BCUT2D eigenvalue weighted by atomic mass is 10.2. The largest absolute Gasteiger partial charge is 0.493 e. The van der Waals surface area contributed by atoms with E-state index >= 15 is 0 Å². The first-order valence-electron chi connectivity index (χ1n) is 11.8. The van der Waals surface area contributed by atoms with Crippen LogP contribution in [-0.4, -0.2) is 48.9 Å². The normalized spacial score (nSPS) is 13.9. The summed E-state index contributed by atoms with van der Waals surface area (Å²) in [5.41, 5.74) is 0.147. The Bertz CT molecular complexity index is 1340. The zero-order valence-electron chi connectivity index (χ0n) is 20.8. The molecule has 1 aliphatic heterocycles. The van der Waals surface area contributed by atoms with Gasteiger partial charge in [0.15, 0.2) is 0 Å². The van der Waals surface area contributed by atoms with Gasteiger partial charge in [-0.25, -0.2) is 4.99 Å². The highest BCUT2D eigenvalue weighted by Crippen LogP contribution is 2.31. The number of ether oxygens (including phenoxy) is 2. The molecule has 2 amide bonds. The Morgan fingerprint density at radius 1 is 0.923 bits per heavy atom. The minimum absolute atomic E-state index is 0.0822. The lowest BCUT2D eigenvalue weighted by Gasteiger charge is -2.20. The molecule has 11 heteroatoms. The van der Waals surface area contributed by atoms with Crippen LogP contribution in [0.3, 0.4) is 0 Å². The number of benzene rings is 3. The number of alkyl halides is 3. The number of para-hydroxylation sites is 1. The van der Waals surface area contributed by atoms with Gasteiger partial charge in [0.1, 0.15) is 30.3 Å². The lowest BCUT2D eigenvalue weighted by Crippen LogP contribution is -2.34. The van der Waals surface area contributed by atoms with Crippen LogP contribution >= 0.6 is 0 Å². The van der Waals surface area contributed by atoms with E-state index in [2.05, 4.69) is 10.1 Å². The molecular formula is C28H24F3N4O4. The molecule has 4 rings (SSSR count). The standard InChI is InChI=1S/C28H24F3N4O4/c1-34(22-9-13-25(14-10-22)39-24-11-7-20(8-12-24)28(29,30)31)27(37)19-35-18-21(17-32-35)33-26(36)15-16-38-23-5-3-2-4-6-23/h2-14,17-18H,15-16,19H2,1H3. The summed E-state index contributed by atoms with van der Waals surface area (Å²) in [5, 5.41) is 5.48. The number of hydrogen-bond acceptors (Lipinski definition) is 6. The first-order chi connectivity index (χ1) is 18.7. The van der Waals surface area contributed by atoms with Gasteiger partial charge in [0, 0.05) is 12.7 Å². The number of amides is 2. The minimum Gasteiger partial charge on any atom is -0.493 e. The first kappa shape index (κ1) is 27.4. The van der Waals surface area contributed by atoms with E-state index < -0.39 is 11.7 Å². The Morgan fingerprint density at radius 2 is 1.56 bits per heavy atom. The van der Waals surface area contributed by atoms with Crippen molar-refractivity contribution in [2.45, 2.75) is 12.6 Å². The fraction of sp³-hybridized carbons (Fsp3) is 0.179. The van der Waals surface area contributed by atoms with Crippen molar-refractivity contribution in [1.82, 2.24) is 5.01 Å². The van der Waals surface area contributed by atoms with Crippen molar-refractivity contribution >= 4 is 29.4 Å². The second-order valence-electron chi connectivity index (χ2n) is 8.38. The third-order valence-corrected chi connectivity index (χ3v) is 5.51. The molecule has 1 heterocycles. The molecule has 0 unspecified atom stereocenters. The van der Waals surface area contributed by atoms with Gasteiger partial charge >= 0.3 is 6.18 Å². The Hall–Kier alpha value is -4.67. The van der Waals surface area contributed by atoms with Crippen molar-refractivity contribution in [3.05, 3.63) is 91.0 Å². The average Bonchev–Trinajstić information content (AvgIpc) is 3.35. The number of hydrazone groups is 1. The van der Waals surface area contributed by atoms with E-state index in [0.29, 0.717) is 22.9 Å². The van der Waals surface area contributed by atoms with Gasteiger partial charge in [-0.15, -0.1) is 0 Å². The van der Waals surface area contributed by atoms with Crippen LogP contribution in [0, 0.1) is 6.54 Å². The molecule has 39 heavy (non-hydrogen) atoms. The average molecular weight is 538 g/mol. The second-order valence-corrected chi connectivity index (χ2v) is 8.38. The fourth-order valence-electron chi connectivity index (χ4n) is 3.44. The molecule has 0 bridgehead atoms. The molecule has 201 valence electrons. The number of aliphatic imine (C=N–C) groups is 1. The van der Waals surface area contributed by atoms with Gasteiger partial charge in [0.25, 0.3) is 0 Å². The van der Waals surface area contributed by atoms with Crippen molar-refractivity contribution in [3.8, 4) is 17.2 Å². The van der Waals surface area contributed by atoms with E-state index in [1.807, 2.05) is 18.2 Å². The van der Waals surface area contributed by atoms with Crippen LogP contribution in [0.5, 0.6) is 17.2 Å². The zero-order valence-corrected chi connectivity index (χ0v) is 20.8. The van der Waals surface area contributed by atoms with Crippen LogP contribution in [-0.2, 0) is 15.8 Å². The Labute approximate surface area is 223 Å². The van der Waals surface area contributed by atoms with Crippen LogP contribution in [0.2, 0.25) is 0 Å². The number of nitrogens with zero attached hydrogens (tertiary/aromatic N) is 4. The molecule has 3 aromatic rings. The lowest BCUT2D eigenvalue weighted by molar-refractivity contribution is -0.137. The van der Waals surface area contributed by atoms with Crippen molar-refractivity contribution in [1.29, 1.82) is 0 Å². The van der Waals surface area contributed by atoms with Crippen LogP contribution in [0.15, 0.2) is 89.0 Å². The van der Waals surface area contributed by atoms with E-state index in [9.17, 15) is 22.8 Å². The van der Waals surface area contributed by atoms with E-state index in [1.165, 1.54) is 34.8 Å². The van der Waals surface area contributed by atoms with Gasteiger partial charge in [-0.2, -0.15) is 18.3 Å². The topological polar surface area (TPSA) is 83.8 Å². The summed E-state index contributed by atoms with van der Waals surface area (Å²) in [4.78, 5) is 30.3. The minimum atomic E-state index is -4.42. The highest BCUT2D eigenvalue weighted by Gasteiger charge is 2.30. The molecule has 0 N–H and O–H groups in total. The van der Waals surface area contributed by atoms with E-state index in [1.54, 1.807) is 43.4 Å². The number of carbonyl (C=O) groups excluding carboxylic acids is 2. The quantitative estimate of drug-likeness (QED) is 0.367. The smallest absolute Gasteiger partial charge is 0.416 e. The maximum atomic E-state index is 12.7. The predicted molar refractivity (Wildman–Crippen MR) is 140 cm³/mol. The molecule has 3 aromatic carbocycles. The van der Waals surface area contributed by atoms with Crippen molar-refractivity contribution in [2.75, 3.05) is 25.1 Å². The molecule has 0 aromatic heterocycles. The van der Waals surface area contributed by atoms with E-state index in [0.717, 1.165) is 12.1 Å². The molecule has 0 aliphatic carbocycles. The molecule has 8 nitrogen and oxygen atoms in total. The molecule has 0 saturated heterocycles. The summed E-state index contributed by atoms with van der Waals surface area (Å²) < 4.78 is 49.2. The third kappa shape index (κ3) is 7.91. The SMILES string of the molecule is CN(C(=O)CN1[CH]C(=NC(=O)CCOc2ccccc2)C=N1)c1ccc(Oc2ccc(C(F)(F)F)cc2)cc1. The monoisotopic (exact) mass is 537 g/mol. The Balaban J connectivity index is 1.23. The highest BCUT2D eigenvalue weighted by atomic mass is 19.4. The maximum absolute atomic E-state index is 12.7. The number of rotatable bonds is 9. The fourth-order valence-corrected chi connectivity index (χ4v) is 3.44. The van der Waals surface area contributed by atoms with E-state index in [4.69, 9.17) is 9.47 Å². The molecule has 0 spiro atoms. The van der Waals surface area contributed by atoms with E-state index in [-0.39, 0.29) is 37.1 Å². The Morgan fingerprint density at radius 3 is 2.21 bits per heavy atom. The highest BCUT2D eigenvalue weighted by molar-refractivity contribution is 6.37. The maximum Gasteiger partial charge on any atom is 0.416 e. The summed E-state index contributed by atoms with van der Waals surface area (Å²) in [6.45, 7) is 1.61.